The lowest BCUT2D eigenvalue weighted by molar-refractivity contribution is 0.103. The highest BCUT2D eigenvalue weighted by atomic mass is 35.5. The van der Waals surface area contributed by atoms with Crippen molar-refractivity contribution < 1.29 is 9.53 Å². The van der Waals surface area contributed by atoms with Crippen molar-refractivity contribution in [1.29, 1.82) is 5.26 Å². The van der Waals surface area contributed by atoms with Crippen molar-refractivity contribution in [2.75, 3.05) is 18.5 Å². The fraction of sp³-hybridized carbons (Fsp3) is 0.179. The average molecular weight is 485 g/mol. The van der Waals surface area contributed by atoms with E-state index < -0.39 is 0 Å². The first-order chi connectivity index (χ1) is 17.1. The predicted molar refractivity (Wildman–Crippen MR) is 137 cm³/mol. The summed E-state index contributed by atoms with van der Waals surface area (Å²) in [6, 6.07) is 26.5. The Bertz CT molecular complexity index is 1320. The van der Waals surface area contributed by atoms with Crippen LogP contribution in [0.4, 0.5) is 5.82 Å². The van der Waals surface area contributed by atoms with Crippen molar-refractivity contribution in [3.63, 3.8) is 0 Å². The Morgan fingerprint density at radius 3 is 2.46 bits per heavy atom. The van der Waals surface area contributed by atoms with Gasteiger partial charge in [-0.25, -0.2) is 4.68 Å². The minimum atomic E-state index is -0.302. The summed E-state index contributed by atoms with van der Waals surface area (Å²) in [5, 5.41) is 18.4. The summed E-state index contributed by atoms with van der Waals surface area (Å²) in [5.74, 6) is 0.164. The average Bonchev–Trinajstić information content (AvgIpc) is 3.25. The predicted octanol–water partition coefficient (Wildman–Crippen LogP) is 5.96. The summed E-state index contributed by atoms with van der Waals surface area (Å²) in [6.07, 6.45) is 0.713. The third kappa shape index (κ3) is 5.96. The minimum Gasteiger partial charge on any atom is -0.377 e. The number of aryl methyl sites for hydroxylation is 1. The number of nitrogens with zero attached hydrogens (tertiary/aromatic N) is 3. The summed E-state index contributed by atoms with van der Waals surface area (Å²) in [4.78, 5) is 13.2. The van der Waals surface area contributed by atoms with E-state index in [4.69, 9.17) is 16.3 Å². The van der Waals surface area contributed by atoms with Gasteiger partial charge in [-0.05, 0) is 43.2 Å². The molecule has 35 heavy (non-hydrogen) atoms. The van der Waals surface area contributed by atoms with Crippen LogP contribution < -0.4 is 5.32 Å². The molecule has 4 rings (SSSR count). The molecule has 3 aromatic carbocycles. The van der Waals surface area contributed by atoms with Crippen molar-refractivity contribution in [2.24, 2.45) is 0 Å². The zero-order valence-electron chi connectivity index (χ0n) is 19.4. The Morgan fingerprint density at radius 1 is 1.06 bits per heavy atom. The Hall–Kier alpha value is -3.92. The van der Waals surface area contributed by atoms with Crippen molar-refractivity contribution in [1.82, 2.24) is 9.78 Å². The number of rotatable bonds is 10. The Balaban J connectivity index is 1.54. The van der Waals surface area contributed by atoms with Gasteiger partial charge in [-0.3, -0.25) is 4.79 Å². The number of ketones is 1. The highest BCUT2D eigenvalue weighted by molar-refractivity contribution is 6.30. The van der Waals surface area contributed by atoms with E-state index in [2.05, 4.69) is 16.5 Å². The van der Waals surface area contributed by atoms with Crippen molar-refractivity contribution >= 4 is 23.2 Å². The molecule has 0 bridgehead atoms. The van der Waals surface area contributed by atoms with E-state index >= 15 is 0 Å². The van der Waals surface area contributed by atoms with Crippen LogP contribution in [-0.4, -0.2) is 28.7 Å². The van der Waals surface area contributed by atoms with Crippen LogP contribution in [-0.2, 0) is 11.3 Å². The monoisotopic (exact) mass is 484 g/mol. The van der Waals surface area contributed by atoms with Gasteiger partial charge in [0.15, 0.2) is 5.69 Å². The molecule has 1 heterocycles. The molecule has 0 spiro atoms. The van der Waals surface area contributed by atoms with E-state index in [0.29, 0.717) is 48.3 Å². The first kappa shape index (κ1) is 24.2. The second kappa shape index (κ2) is 11.5. The number of hydrogen-bond donors (Lipinski definition) is 1. The maximum absolute atomic E-state index is 13.2. The molecular formula is C28H25ClN4O2. The lowest BCUT2D eigenvalue weighted by Gasteiger charge is -2.11. The second-order valence-electron chi connectivity index (χ2n) is 8.09. The molecule has 0 unspecified atom stereocenters. The number of nitrogens with one attached hydrogen (secondary N) is 1. The van der Waals surface area contributed by atoms with Gasteiger partial charge in [0, 0.05) is 23.7 Å². The van der Waals surface area contributed by atoms with Gasteiger partial charge in [0.25, 0.3) is 0 Å². The topological polar surface area (TPSA) is 79.9 Å². The molecule has 1 aromatic heterocycles. The summed E-state index contributed by atoms with van der Waals surface area (Å²) in [5.41, 5.74) is 3.65. The van der Waals surface area contributed by atoms with Crippen LogP contribution >= 0.6 is 11.6 Å². The number of carbonyl (C=O) groups excluding carboxylic acids is 1. The molecule has 6 nitrogen and oxygen atoms in total. The van der Waals surface area contributed by atoms with Crippen molar-refractivity contribution in [2.45, 2.75) is 20.0 Å². The van der Waals surface area contributed by atoms with E-state index in [-0.39, 0.29) is 17.0 Å². The quantitative estimate of drug-likeness (QED) is 0.222. The van der Waals surface area contributed by atoms with E-state index in [1.165, 1.54) is 0 Å². The molecule has 0 saturated heterocycles. The molecule has 7 heteroatoms. The number of anilines is 1. The second-order valence-corrected chi connectivity index (χ2v) is 8.52. The first-order valence-corrected chi connectivity index (χ1v) is 11.7. The van der Waals surface area contributed by atoms with Crippen LogP contribution in [0.2, 0.25) is 5.02 Å². The van der Waals surface area contributed by atoms with Crippen LogP contribution in [0.25, 0.3) is 5.69 Å². The Morgan fingerprint density at radius 2 is 1.77 bits per heavy atom. The first-order valence-electron chi connectivity index (χ1n) is 11.3. The highest BCUT2D eigenvalue weighted by Gasteiger charge is 2.25. The molecule has 1 N–H and O–H groups in total. The molecule has 176 valence electrons. The Labute approximate surface area is 209 Å². The lowest BCUT2D eigenvalue weighted by atomic mass is 10.0. The smallest absolute Gasteiger partial charge is 0.214 e. The van der Waals surface area contributed by atoms with Crippen LogP contribution in [0.15, 0.2) is 78.9 Å². The molecule has 0 aliphatic heterocycles. The van der Waals surface area contributed by atoms with Crippen LogP contribution in [0.5, 0.6) is 0 Å². The van der Waals surface area contributed by atoms with Crippen LogP contribution in [0, 0.1) is 18.3 Å². The molecule has 0 aliphatic rings. The zero-order valence-corrected chi connectivity index (χ0v) is 20.1. The van der Waals surface area contributed by atoms with Gasteiger partial charge in [0.2, 0.25) is 5.78 Å². The fourth-order valence-corrected chi connectivity index (χ4v) is 3.73. The number of benzene rings is 3. The van der Waals surface area contributed by atoms with Crippen LogP contribution in [0.1, 0.15) is 39.2 Å². The Kier molecular flexibility index (Phi) is 7.94. The zero-order chi connectivity index (χ0) is 24.6. The maximum Gasteiger partial charge on any atom is 0.214 e. The van der Waals surface area contributed by atoms with Crippen LogP contribution in [0.3, 0.4) is 0 Å². The van der Waals surface area contributed by atoms with Crippen molar-refractivity contribution in [3.8, 4) is 11.8 Å². The van der Waals surface area contributed by atoms with Crippen molar-refractivity contribution in [3.05, 3.63) is 112 Å². The number of nitriles is 1. The molecule has 0 atom stereocenters. The number of aromatic nitrogens is 2. The number of carbonyl (C=O) groups is 1. The van der Waals surface area contributed by atoms with Gasteiger partial charge in [0.1, 0.15) is 17.5 Å². The molecular weight excluding hydrogens is 460 g/mol. The normalized spacial score (nSPS) is 10.7. The maximum atomic E-state index is 13.2. The fourth-order valence-electron chi connectivity index (χ4n) is 3.60. The number of hydrogen-bond acceptors (Lipinski definition) is 5. The standard InChI is InChI=1S/C28H25ClN4O2/c1-20-8-10-22(11-9-20)27(34)26-25(18-30)28(33(32-26)24-14-12-23(29)13-15-24)31-16-5-17-35-19-21-6-3-2-4-7-21/h2-4,6-15,31H,5,16-17,19H2,1H3. The largest absolute Gasteiger partial charge is 0.377 e. The molecule has 0 saturated carbocycles. The molecule has 4 aromatic rings. The van der Waals surface area contributed by atoms with E-state index in [1.54, 1.807) is 41.1 Å². The molecule has 0 fully saturated rings. The third-order valence-corrected chi connectivity index (χ3v) is 5.72. The number of halogens is 1. The summed E-state index contributed by atoms with van der Waals surface area (Å²) in [6.45, 7) is 3.59. The van der Waals surface area contributed by atoms with Gasteiger partial charge >= 0.3 is 0 Å². The summed E-state index contributed by atoms with van der Waals surface area (Å²) >= 11 is 6.06. The lowest BCUT2D eigenvalue weighted by Crippen LogP contribution is -2.11. The van der Waals surface area contributed by atoms with Gasteiger partial charge in [-0.2, -0.15) is 10.4 Å². The molecule has 0 radical (unpaired) electrons. The van der Waals surface area contributed by atoms with E-state index in [1.807, 2.05) is 49.4 Å². The molecule has 0 amide bonds. The summed E-state index contributed by atoms with van der Waals surface area (Å²) < 4.78 is 7.34. The van der Waals surface area contributed by atoms with Gasteiger partial charge in [0.05, 0.1) is 12.3 Å². The van der Waals surface area contributed by atoms with Gasteiger partial charge in [-0.1, -0.05) is 71.8 Å². The third-order valence-electron chi connectivity index (χ3n) is 5.47. The molecule has 0 aliphatic carbocycles. The SMILES string of the molecule is Cc1ccc(C(=O)c2nn(-c3ccc(Cl)cc3)c(NCCCOCc3ccccc3)c2C#N)cc1. The van der Waals surface area contributed by atoms with E-state index in [0.717, 1.165) is 11.1 Å². The highest BCUT2D eigenvalue weighted by Crippen LogP contribution is 2.26. The van der Waals surface area contributed by atoms with E-state index in [9.17, 15) is 10.1 Å². The van der Waals surface area contributed by atoms with Gasteiger partial charge in [-0.15, -0.1) is 0 Å². The summed E-state index contributed by atoms with van der Waals surface area (Å²) in [7, 11) is 0. The number of ether oxygens (including phenoxy) is 1. The minimum absolute atomic E-state index is 0.106. The van der Waals surface area contributed by atoms with Gasteiger partial charge < -0.3 is 10.1 Å².